The monoisotopic (exact) mass is 297 g/mol. The van der Waals surface area contributed by atoms with E-state index < -0.39 is 5.97 Å². The number of rotatable bonds is 6. The van der Waals surface area contributed by atoms with Gasteiger partial charge in [-0.2, -0.15) is 0 Å². The van der Waals surface area contributed by atoms with Crippen LogP contribution in [0.4, 0.5) is 0 Å². The van der Waals surface area contributed by atoms with Crippen LogP contribution in [0.5, 0.6) is 0 Å². The first kappa shape index (κ1) is 15.4. The van der Waals surface area contributed by atoms with Gasteiger partial charge in [0, 0.05) is 38.1 Å². The van der Waals surface area contributed by atoms with Crippen molar-refractivity contribution in [3.63, 3.8) is 0 Å². The van der Waals surface area contributed by atoms with E-state index in [1.807, 2.05) is 4.90 Å². The van der Waals surface area contributed by atoms with Crippen LogP contribution < -0.4 is 0 Å². The molecule has 5 nitrogen and oxygen atoms in total. The van der Waals surface area contributed by atoms with Crippen LogP contribution in [0.1, 0.15) is 31.0 Å². The highest BCUT2D eigenvalue weighted by Gasteiger charge is 2.25. The number of aryl methyl sites for hydroxylation is 1. The molecule has 1 fully saturated rings. The summed E-state index contributed by atoms with van der Waals surface area (Å²) >= 11 is 1.75. The van der Waals surface area contributed by atoms with Crippen molar-refractivity contribution in [2.45, 2.75) is 39.3 Å². The number of thiazole rings is 1. The van der Waals surface area contributed by atoms with Gasteiger partial charge < -0.3 is 5.11 Å². The third kappa shape index (κ3) is 4.01. The number of nitrogens with zero attached hydrogens (tertiary/aromatic N) is 3. The van der Waals surface area contributed by atoms with Crippen molar-refractivity contribution >= 4 is 17.3 Å². The maximum Gasteiger partial charge on any atom is 0.320 e. The Labute approximate surface area is 124 Å². The maximum absolute atomic E-state index is 11.0. The SMILES string of the molecule is CCCc1nc(CN2CCN(C(C)C(=O)O)CC2)cs1. The van der Waals surface area contributed by atoms with Crippen molar-refractivity contribution < 1.29 is 9.90 Å². The van der Waals surface area contributed by atoms with Crippen LogP contribution in [0.15, 0.2) is 5.38 Å². The number of hydrogen-bond acceptors (Lipinski definition) is 5. The molecule has 1 atom stereocenters. The lowest BCUT2D eigenvalue weighted by atomic mass is 10.2. The summed E-state index contributed by atoms with van der Waals surface area (Å²) in [7, 11) is 0. The summed E-state index contributed by atoms with van der Waals surface area (Å²) in [6, 6.07) is -0.382. The topological polar surface area (TPSA) is 56.7 Å². The van der Waals surface area contributed by atoms with Gasteiger partial charge in [-0.25, -0.2) is 4.98 Å². The molecule has 0 aliphatic carbocycles. The van der Waals surface area contributed by atoms with Gasteiger partial charge in [-0.3, -0.25) is 14.6 Å². The molecule has 1 unspecified atom stereocenters. The molecule has 20 heavy (non-hydrogen) atoms. The molecule has 2 heterocycles. The quantitative estimate of drug-likeness (QED) is 0.866. The Morgan fingerprint density at radius 2 is 2.15 bits per heavy atom. The van der Waals surface area contributed by atoms with E-state index in [9.17, 15) is 4.79 Å². The van der Waals surface area contributed by atoms with Gasteiger partial charge in [0.1, 0.15) is 6.04 Å². The van der Waals surface area contributed by atoms with Crippen LogP contribution in [0.25, 0.3) is 0 Å². The second-order valence-electron chi connectivity index (χ2n) is 5.31. The Kier molecular flexibility index (Phi) is 5.51. The highest BCUT2D eigenvalue weighted by molar-refractivity contribution is 7.09. The van der Waals surface area contributed by atoms with Crippen molar-refractivity contribution in [3.8, 4) is 0 Å². The molecule has 0 amide bonds. The summed E-state index contributed by atoms with van der Waals surface area (Å²) in [6.45, 7) is 8.28. The van der Waals surface area contributed by atoms with Crippen molar-refractivity contribution in [3.05, 3.63) is 16.1 Å². The van der Waals surface area contributed by atoms with Crippen molar-refractivity contribution in [1.82, 2.24) is 14.8 Å². The number of hydrogen-bond donors (Lipinski definition) is 1. The van der Waals surface area contributed by atoms with E-state index in [4.69, 9.17) is 5.11 Å². The van der Waals surface area contributed by atoms with E-state index in [0.29, 0.717) is 0 Å². The fourth-order valence-electron chi connectivity index (χ4n) is 2.44. The average molecular weight is 297 g/mol. The molecule has 1 aromatic heterocycles. The van der Waals surface area contributed by atoms with E-state index in [2.05, 4.69) is 22.2 Å². The third-order valence-corrected chi connectivity index (χ3v) is 4.72. The largest absolute Gasteiger partial charge is 0.480 e. The predicted octanol–water partition coefficient (Wildman–Crippen LogP) is 1.69. The molecule has 1 N–H and O–H groups in total. The van der Waals surface area contributed by atoms with E-state index in [1.54, 1.807) is 18.3 Å². The Balaban J connectivity index is 1.80. The fraction of sp³-hybridized carbons (Fsp3) is 0.714. The van der Waals surface area contributed by atoms with Gasteiger partial charge in [-0.15, -0.1) is 11.3 Å². The number of aromatic nitrogens is 1. The van der Waals surface area contributed by atoms with E-state index in [1.165, 1.54) is 5.01 Å². The van der Waals surface area contributed by atoms with Crippen LogP contribution in [-0.2, 0) is 17.8 Å². The van der Waals surface area contributed by atoms with Crippen LogP contribution in [0.3, 0.4) is 0 Å². The summed E-state index contributed by atoms with van der Waals surface area (Å²) in [5, 5.41) is 12.4. The number of aliphatic carboxylic acids is 1. The minimum atomic E-state index is -0.734. The third-order valence-electron chi connectivity index (χ3n) is 3.76. The van der Waals surface area contributed by atoms with Gasteiger partial charge in [-0.1, -0.05) is 6.92 Å². The predicted molar refractivity (Wildman–Crippen MR) is 80.1 cm³/mol. The summed E-state index contributed by atoms with van der Waals surface area (Å²) in [4.78, 5) is 20.0. The van der Waals surface area contributed by atoms with Crippen LogP contribution >= 0.6 is 11.3 Å². The molecule has 112 valence electrons. The zero-order valence-corrected chi connectivity index (χ0v) is 13.0. The Morgan fingerprint density at radius 1 is 1.45 bits per heavy atom. The molecule has 0 bridgehead atoms. The van der Waals surface area contributed by atoms with Gasteiger partial charge in [-0.05, 0) is 19.8 Å². The molecular formula is C14H23N3O2S. The molecule has 1 saturated heterocycles. The molecule has 0 radical (unpaired) electrons. The Bertz CT molecular complexity index is 441. The molecule has 1 aromatic rings. The second-order valence-corrected chi connectivity index (χ2v) is 6.25. The van der Waals surface area contributed by atoms with Crippen LogP contribution in [-0.4, -0.2) is 58.1 Å². The maximum atomic E-state index is 11.0. The lowest BCUT2D eigenvalue weighted by Gasteiger charge is -2.36. The number of piperazine rings is 1. The summed E-state index contributed by atoms with van der Waals surface area (Å²) in [5.74, 6) is -0.734. The number of carbonyl (C=O) groups is 1. The van der Waals surface area contributed by atoms with Crippen molar-refractivity contribution in [2.24, 2.45) is 0 Å². The zero-order chi connectivity index (χ0) is 14.5. The summed E-state index contributed by atoms with van der Waals surface area (Å²) in [6.07, 6.45) is 2.20. The van der Waals surface area contributed by atoms with Gasteiger partial charge in [0.2, 0.25) is 0 Å². The Morgan fingerprint density at radius 3 is 2.75 bits per heavy atom. The van der Waals surface area contributed by atoms with Gasteiger partial charge in [0.15, 0.2) is 0 Å². The van der Waals surface area contributed by atoms with E-state index >= 15 is 0 Å². The second kappa shape index (κ2) is 7.15. The molecule has 1 aliphatic heterocycles. The molecule has 1 aliphatic rings. The van der Waals surface area contributed by atoms with Gasteiger partial charge in [0.25, 0.3) is 0 Å². The molecular weight excluding hydrogens is 274 g/mol. The Hall–Kier alpha value is -0.980. The van der Waals surface area contributed by atoms with Crippen molar-refractivity contribution in [1.29, 1.82) is 0 Å². The van der Waals surface area contributed by atoms with Gasteiger partial charge in [0.05, 0.1) is 10.7 Å². The van der Waals surface area contributed by atoms with Crippen LogP contribution in [0.2, 0.25) is 0 Å². The lowest BCUT2D eigenvalue weighted by Crippen LogP contribution is -2.51. The number of carboxylic acid groups (broad SMARTS) is 1. The highest BCUT2D eigenvalue weighted by atomic mass is 32.1. The standard InChI is InChI=1S/C14H23N3O2S/c1-3-4-13-15-12(10-20-13)9-16-5-7-17(8-6-16)11(2)14(18)19/h10-11H,3-9H2,1-2H3,(H,18,19). The minimum Gasteiger partial charge on any atom is -0.480 e. The van der Waals surface area contributed by atoms with Crippen molar-refractivity contribution in [2.75, 3.05) is 26.2 Å². The zero-order valence-electron chi connectivity index (χ0n) is 12.2. The molecule has 0 saturated carbocycles. The first-order valence-electron chi connectivity index (χ1n) is 7.22. The first-order valence-corrected chi connectivity index (χ1v) is 8.10. The van der Waals surface area contributed by atoms with Gasteiger partial charge >= 0.3 is 5.97 Å². The molecule has 2 rings (SSSR count). The van der Waals surface area contributed by atoms with Crippen LogP contribution in [0, 0.1) is 0 Å². The fourth-order valence-corrected chi connectivity index (χ4v) is 3.34. The summed E-state index contributed by atoms with van der Waals surface area (Å²) in [5.41, 5.74) is 1.15. The minimum absolute atomic E-state index is 0.382. The van der Waals surface area contributed by atoms with E-state index in [0.717, 1.165) is 51.3 Å². The van der Waals surface area contributed by atoms with E-state index in [-0.39, 0.29) is 6.04 Å². The number of carboxylic acids is 1. The molecule has 0 spiro atoms. The first-order chi connectivity index (χ1) is 9.60. The smallest absolute Gasteiger partial charge is 0.320 e. The molecule has 6 heteroatoms. The normalized spacial score (nSPS) is 19.1. The highest BCUT2D eigenvalue weighted by Crippen LogP contribution is 2.15. The lowest BCUT2D eigenvalue weighted by molar-refractivity contribution is -0.143. The summed E-state index contributed by atoms with van der Waals surface area (Å²) < 4.78 is 0. The average Bonchev–Trinajstić information content (AvgIpc) is 2.86. The molecule has 0 aromatic carbocycles.